The molecule has 0 saturated carbocycles. The van der Waals surface area contributed by atoms with Crippen molar-refractivity contribution in [1.82, 2.24) is 15.5 Å². The van der Waals surface area contributed by atoms with Crippen LogP contribution in [-0.2, 0) is 4.74 Å². The van der Waals surface area contributed by atoms with Crippen molar-refractivity contribution in [2.24, 2.45) is 0 Å². The van der Waals surface area contributed by atoms with Crippen LogP contribution in [0.15, 0.2) is 30.5 Å². The van der Waals surface area contributed by atoms with E-state index in [4.69, 9.17) is 10.00 Å². The van der Waals surface area contributed by atoms with Crippen LogP contribution in [-0.4, -0.2) is 29.3 Å². The average molecular weight is 324 g/mol. The normalized spacial score (nSPS) is 16.3. The summed E-state index contributed by atoms with van der Waals surface area (Å²) >= 11 is 0. The number of nitriles is 1. The number of carbonyl (C=O) groups is 1. The highest BCUT2D eigenvalue weighted by molar-refractivity contribution is 5.95. The molecule has 124 valence electrons. The fraction of sp³-hybridized carbons (Fsp3) is 0.389. The maximum atomic E-state index is 12.6. The van der Waals surface area contributed by atoms with Gasteiger partial charge in [-0.05, 0) is 37.5 Å². The number of ether oxygens (including phenoxy) is 1. The molecule has 1 aromatic carbocycles. The minimum Gasteiger partial charge on any atom is -0.381 e. The number of aromatic nitrogens is 2. The molecule has 1 aliphatic heterocycles. The number of carbonyl (C=O) groups excluding carboxylic acids is 1. The maximum absolute atomic E-state index is 12.6. The van der Waals surface area contributed by atoms with Crippen molar-refractivity contribution in [3.63, 3.8) is 0 Å². The molecule has 1 amide bonds. The first-order valence-electron chi connectivity index (χ1n) is 8.11. The molecule has 1 saturated heterocycles. The van der Waals surface area contributed by atoms with Crippen LogP contribution in [0.1, 0.15) is 58.9 Å². The number of hydrogen-bond acceptors (Lipinski definition) is 4. The molecule has 24 heavy (non-hydrogen) atoms. The summed E-state index contributed by atoms with van der Waals surface area (Å²) in [4.78, 5) is 12.6. The van der Waals surface area contributed by atoms with E-state index in [1.807, 2.05) is 19.1 Å². The molecule has 0 aliphatic carbocycles. The van der Waals surface area contributed by atoms with Gasteiger partial charge < -0.3 is 10.1 Å². The Morgan fingerprint density at radius 3 is 2.75 bits per heavy atom. The van der Waals surface area contributed by atoms with Crippen LogP contribution in [0.4, 0.5) is 0 Å². The summed E-state index contributed by atoms with van der Waals surface area (Å²) in [6, 6.07) is 9.17. The summed E-state index contributed by atoms with van der Waals surface area (Å²) in [5.74, 6) is 0.148. The third-order valence-electron chi connectivity index (χ3n) is 4.43. The van der Waals surface area contributed by atoms with E-state index in [-0.39, 0.29) is 17.9 Å². The number of hydrogen-bond donors (Lipinski definition) is 2. The highest BCUT2D eigenvalue weighted by Gasteiger charge is 2.24. The summed E-state index contributed by atoms with van der Waals surface area (Å²) in [6.07, 6.45) is 3.38. The van der Waals surface area contributed by atoms with Gasteiger partial charge in [-0.1, -0.05) is 12.1 Å². The van der Waals surface area contributed by atoms with Crippen LogP contribution in [0.5, 0.6) is 0 Å². The van der Waals surface area contributed by atoms with E-state index in [2.05, 4.69) is 21.6 Å². The van der Waals surface area contributed by atoms with Crippen molar-refractivity contribution < 1.29 is 9.53 Å². The van der Waals surface area contributed by atoms with Crippen molar-refractivity contribution in [2.75, 3.05) is 13.2 Å². The Morgan fingerprint density at radius 1 is 1.38 bits per heavy atom. The van der Waals surface area contributed by atoms with Crippen molar-refractivity contribution in [1.29, 1.82) is 5.26 Å². The van der Waals surface area contributed by atoms with Gasteiger partial charge in [0.1, 0.15) is 0 Å². The molecule has 0 spiro atoms. The van der Waals surface area contributed by atoms with E-state index in [1.54, 1.807) is 18.3 Å². The molecule has 6 nitrogen and oxygen atoms in total. The van der Waals surface area contributed by atoms with Gasteiger partial charge >= 0.3 is 0 Å². The van der Waals surface area contributed by atoms with Crippen LogP contribution in [0, 0.1) is 11.3 Å². The van der Waals surface area contributed by atoms with Crippen LogP contribution in [0.25, 0.3) is 0 Å². The fourth-order valence-corrected chi connectivity index (χ4v) is 2.98. The number of benzene rings is 1. The monoisotopic (exact) mass is 324 g/mol. The van der Waals surface area contributed by atoms with E-state index in [0.29, 0.717) is 24.3 Å². The molecule has 2 N–H and O–H groups in total. The van der Waals surface area contributed by atoms with E-state index in [9.17, 15) is 4.79 Å². The van der Waals surface area contributed by atoms with Gasteiger partial charge in [0.25, 0.3) is 5.91 Å². The third-order valence-corrected chi connectivity index (χ3v) is 4.43. The molecule has 2 aromatic rings. The summed E-state index contributed by atoms with van der Waals surface area (Å²) in [7, 11) is 0. The molecule has 6 heteroatoms. The molecule has 1 aromatic heterocycles. The predicted molar refractivity (Wildman–Crippen MR) is 88.4 cm³/mol. The van der Waals surface area contributed by atoms with E-state index < -0.39 is 0 Å². The van der Waals surface area contributed by atoms with Crippen LogP contribution in [0.3, 0.4) is 0 Å². The average Bonchev–Trinajstić information content (AvgIpc) is 3.12. The lowest BCUT2D eigenvalue weighted by atomic mass is 9.93. The number of nitrogens with zero attached hydrogens (tertiary/aromatic N) is 2. The molecule has 1 fully saturated rings. The second kappa shape index (κ2) is 7.28. The zero-order chi connectivity index (χ0) is 16.9. The Balaban J connectivity index is 1.70. The third kappa shape index (κ3) is 3.47. The first-order valence-corrected chi connectivity index (χ1v) is 8.11. The Hall–Kier alpha value is -2.65. The van der Waals surface area contributed by atoms with Crippen molar-refractivity contribution >= 4 is 5.91 Å². The van der Waals surface area contributed by atoms with Gasteiger partial charge in [-0.2, -0.15) is 10.4 Å². The van der Waals surface area contributed by atoms with Gasteiger partial charge in [0.15, 0.2) is 0 Å². The Labute approximate surface area is 140 Å². The number of nitrogens with one attached hydrogen (secondary N) is 2. The SMILES string of the molecule is CC(NC(=O)c1cn[nH]c1C1CCOCC1)c1ccc(C#N)cc1. The minimum atomic E-state index is -0.150. The predicted octanol–water partition coefficient (Wildman–Crippen LogP) is 2.67. The standard InChI is InChI=1S/C18H20N4O2/c1-12(14-4-2-13(10-19)3-5-14)21-18(23)16-11-20-22-17(16)15-6-8-24-9-7-15/h2-5,11-12,15H,6-9H2,1H3,(H,20,22)(H,21,23). The second-order valence-electron chi connectivity index (χ2n) is 6.01. The Bertz CT molecular complexity index is 739. The fourth-order valence-electron chi connectivity index (χ4n) is 2.98. The van der Waals surface area contributed by atoms with Crippen molar-refractivity contribution in [3.05, 3.63) is 52.8 Å². The molecule has 2 heterocycles. The zero-order valence-corrected chi connectivity index (χ0v) is 13.6. The van der Waals surface area contributed by atoms with Gasteiger partial charge in [0.05, 0.1) is 35.1 Å². The van der Waals surface area contributed by atoms with Crippen molar-refractivity contribution in [3.8, 4) is 6.07 Å². The van der Waals surface area contributed by atoms with Gasteiger partial charge in [-0.3, -0.25) is 9.89 Å². The van der Waals surface area contributed by atoms with Crippen molar-refractivity contribution in [2.45, 2.75) is 31.7 Å². The number of amides is 1. The highest BCUT2D eigenvalue weighted by Crippen LogP contribution is 2.28. The van der Waals surface area contributed by atoms with Gasteiger partial charge in [0, 0.05) is 19.1 Å². The van der Waals surface area contributed by atoms with E-state index in [1.165, 1.54) is 0 Å². The zero-order valence-electron chi connectivity index (χ0n) is 13.6. The lowest BCUT2D eigenvalue weighted by Crippen LogP contribution is -2.28. The largest absolute Gasteiger partial charge is 0.381 e. The molecule has 1 aliphatic rings. The van der Waals surface area contributed by atoms with Crippen LogP contribution in [0.2, 0.25) is 0 Å². The number of aromatic amines is 1. The van der Waals surface area contributed by atoms with Gasteiger partial charge in [-0.15, -0.1) is 0 Å². The highest BCUT2D eigenvalue weighted by atomic mass is 16.5. The Kier molecular flexibility index (Phi) is 4.92. The molecule has 0 radical (unpaired) electrons. The van der Waals surface area contributed by atoms with Crippen LogP contribution < -0.4 is 5.32 Å². The van der Waals surface area contributed by atoms with Crippen LogP contribution >= 0.6 is 0 Å². The molecule has 1 atom stereocenters. The Morgan fingerprint density at radius 2 is 2.08 bits per heavy atom. The smallest absolute Gasteiger partial charge is 0.255 e. The minimum absolute atomic E-state index is 0.137. The number of H-pyrrole nitrogens is 1. The molecule has 0 bridgehead atoms. The lowest BCUT2D eigenvalue weighted by molar-refractivity contribution is 0.0832. The quantitative estimate of drug-likeness (QED) is 0.904. The molecule has 3 rings (SSSR count). The van der Waals surface area contributed by atoms with E-state index >= 15 is 0 Å². The number of rotatable bonds is 4. The van der Waals surface area contributed by atoms with E-state index in [0.717, 1.165) is 24.1 Å². The summed E-state index contributed by atoms with van der Waals surface area (Å²) in [5.41, 5.74) is 3.05. The summed E-state index contributed by atoms with van der Waals surface area (Å²) < 4.78 is 5.38. The first-order chi connectivity index (χ1) is 11.7. The summed E-state index contributed by atoms with van der Waals surface area (Å²) in [6.45, 7) is 3.35. The van der Waals surface area contributed by atoms with Gasteiger partial charge in [-0.25, -0.2) is 0 Å². The second-order valence-corrected chi connectivity index (χ2v) is 6.01. The first kappa shape index (κ1) is 16.2. The lowest BCUT2D eigenvalue weighted by Gasteiger charge is -2.22. The summed E-state index contributed by atoms with van der Waals surface area (Å²) in [5, 5.41) is 18.9. The maximum Gasteiger partial charge on any atom is 0.255 e. The molecular formula is C18H20N4O2. The van der Waals surface area contributed by atoms with Gasteiger partial charge in [0.2, 0.25) is 0 Å². The topological polar surface area (TPSA) is 90.8 Å². The molecule has 1 unspecified atom stereocenters. The molecular weight excluding hydrogens is 304 g/mol.